The van der Waals surface area contributed by atoms with E-state index >= 15 is 0 Å². The van der Waals surface area contributed by atoms with Crippen molar-refractivity contribution < 1.29 is 19.1 Å². The van der Waals surface area contributed by atoms with Crippen LogP contribution >= 0.6 is 15.9 Å². The van der Waals surface area contributed by atoms with E-state index in [1.165, 1.54) is 0 Å². The van der Waals surface area contributed by atoms with Crippen molar-refractivity contribution in [1.29, 1.82) is 0 Å². The number of aryl methyl sites for hydroxylation is 2. The van der Waals surface area contributed by atoms with E-state index in [2.05, 4.69) is 74.7 Å². The van der Waals surface area contributed by atoms with Gasteiger partial charge in [0.15, 0.2) is 23.3 Å². The predicted molar refractivity (Wildman–Crippen MR) is 260 cm³/mol. The van der Waals surface area contributed by atoms with Crippen LogP contribution in [0.15, 0.2) is 112 Å². The van der Waals surface area contributed by atoms with E-state index in [4.69, 9.17) is 9.47 Å². The molecule has 2 fully saturated rings. The summed E-state index contributed by atoms with van der Waals surface area (Å²) >= 11 is 3.38. The fourth-order valence-electron chi connectivity index (χ4n) is 7.05. The van der Waals surface area contributed by atoms with Gasteiger partial charge in [0, 0.05) is 124 Å². The molecule has 352 valence electrons. The van der Waals surface area contributed by atoms with E-state index in [9.17, 15) is 19.2 Å². The van der Waals surface area contributed by atoms with Gasteiger partial charge in [-0.1, -0.05) is 28.1 Å². The van der Waals surface area contributed by atoms with E-state index in [-0.39, 0.29) is 35.9 Å². The molecule has 18 nitrogen and oxygen atoms in total. The van der Waals surface area contributed by atoms with Crippen LogP contribution in [-0.4, -0.2) is 141 Å². The van der Waals surface area contributed by atoms with Crippen LogP contribution in [0.4, 0.5) is 11.6 Å². The number of H-pyrrole nitrogens is 1. The average molecular weight is 978 g/mol. The van der Waals surface area contributed by atoms with Gasteiger partial charge < -0.3 is 34.1 Å². The van der Waals surface area contributed by atoms with Crippen LogP contribution < -0.4 is 20.9 Å². The van der Waals surface area contributed by atoms with E-state index in [0.29, 0.717) is 54.9 Å². The number of carbonyl (C=O) groups excluding carboxylic acids is 2. The van der Waals surface area contributed by atoms with Crippen molar-refractivity contribution in [1.82, 2.24) is 49.3 Å². The monoisotopic (exact) mass is 976 g/mol. The number of anilines is 2. The Hall–Kier alpha value is -6.70. The van der Waals surface area contributed by atoms with Crippen LogP contribution in [0, 0.1) is 0 Å². The molecule has 0 radical (unpaired) electrons. The molecule has 0 aliphatic carbocycles. The highest BCUT2D eigenvalue weighted by atomic mass is 79.9. The highest BCUT2D eigenvalue weighted by Gasteiger charge is 2.22. The second kappa shape index (κ2) is 25.3. The highest BCUT2D eigenvalue weighted by Crippen LogP contribution is 2.20. The van der Waals surface area contributed by atoms with Crippen LogP contribution in [0.25, 0.3) is 28.5 Å². The molecule has 67 heavy (non-hydrogen) atoms. The number of nitrogens with one attached hydrogen (secondary N) is 1. The minimum Gasteiger partial charge on any atom is -0.466 e. The maximum Gasteiger partial charge on any atom is 0.306 e. The third-order valence-corrected chi connectivity index (χ3v) is 11.3. The van der Waals surface area contributed by atoms with E-state index in [0.717, 1.165) is 79.5 Å². The molecular formula is C48H57BrN12O6. The number of halogens is 1. The van der Waals surface area contributed by atoms with E-state index in [1.807, 2.05) is 64.4 Å². The van der Waals surface area contributed by atoms with E-state index in [1.54, 1.807) is 61.7 Å². The van der Waals surface area contributed by atoms with Gasteiger partial charge >= 0.3 is 11.9 Å². The van der Waals surface area contributed by atoms with Crippen molar-refractivity contribution in [2.45, 2.75) is 39.5 Å². The van der Waals surface area contributed by atoms with E-state index < -0.39 is 0 Å². The number of likely N-dealkylation sites (N-methyl/N-ethyl adjacent to an activating group) is 2. The largest absolute Gasteiger partial charge is 0.466 e. The molecule has 4 aromatic heterocycles. The van der Waals surface area contributed by atoms with Gasteiger partial charge in [-0.25, -0.2) is 29.9 Å². The maximum absolute atomic E-state index is 13.4. The number of hydrogen-bond donors (Lipinski definition) is 1. The minimum absolute atomic E-state index is 0.178. The van der Waals surface area contributed by atoms with Crippen molar-refractivity contribution in [3.8, 4) is 28.5 Å². The first kappa shape index (κ1) is 49.7. The van der Waals surface area contributed by atoms with Gasteiger partial charge in [0.05, 0.1) is 37.4 Å². The summed E-state index contributed by atoms with van der Waals surface area (Å²) in [5.41, 5.74) is 3.63. The summed E-state index contributed by atoms with van der Waals surface area (Å²) in [7, 11) is 4.13. The molecule has 8 rings (SSSR count). The van der Waals surface area contributed by atoms with Gasteiger partial charge in [-0.2, -0.15) is 0 Å². The summed E-state index contributed by atoms with van der Waals surface area (Å²) in [4.78, 5) is 85.7. The Bertz CT molecular complexity index is 2600. The first-order valence-electron chi connectivity index (χ1n) is 22.3. The van der Waals surface area contributed by atoms with Gasteiger partial charge in [0.1, 0.15) is 0 Å². The average Bonchev–Trinajstić information content (AvgIpc) is 3.35. The van der Waals surface area contributed by atoms with Crippen LogP contribution in [0.5, 0.6) is 0 Å². The molecule has 6 heterocycles. The Balaban J connectivity index is 0.000000185. The third-order valence-electron chi connectivity index (χ3n) is 10.8. The first-order valence-corrected chi connectivity index (χ1v) is 23.1. The number of nitrogens with zero attached hydrogens (tertiary/aromatic N) is 11. The first-order chi connectivity index (χ1) is 32.5. The predicted octanol–water partition coefficient (Wildman–Crippen LogP) is 4.86. The van der Waals surface area contributed by atoms with Crippen molar-refractivity contribution in [3.05, 3.63) is 134 Å². The normalized spacial score (nSPS) is 14.0. The molecule has 2 saturated heterocycles. The Morgan fingerprint density at radius 1 is 0.627 bits per heavy atom. The quantitative estimate of drug-likeness (QED) is 0.154. The smallest absolute Gasteiger partial charge is 0.306 e. The van der Waals surface area contributed by atoms with Crippen LogP contribution in [0.2, 0.25) is 0 Å². The number of carbonyl (C=O) groups is 2. The second-order valence-corrected chi connectivity index (χ2v) is 16.6. The topological polar surface area (TPSA) is 198 Å². The number of rotatable bonds is 13. The molecule has 0 atom stereocenters. The van der Waals surface area contributed by atoms with Crippen molar-refractivity contribution in [2.75, 3.05) is 89.5 Å². The Labute approximate surface area is 398 Å². The summed E-state index contributed by atoms with van der Waals surface area (Å²) in [5, 5.41) is 0. The molecular weight excluding hydrogens is 921 g/mol. The number of piperazine rings is 2. The van der Waals surface area contributed by atoms with Crippen molar-refractivity contribution in [3.63, 3.8) is 0 Å². The van der Waals surface area contributed by atoms with Crippen molar-refractivity contribution >= 4 is 39.5 Å². The molecule has 19 heteroatoms. The molecule has 1 N–H and O–H groups in total. The van der Waals surface area contributed by atoms with Crippen LogP contribution in [0.1, 0.15) is 38.1 Å². The lowest BCUT2D eigenvalue weighted by molar-refractivity contribution is -0.144. The number of esters is 2. The number of aromatic nitrogens is 8. The summed E-state index contributed by atoms with van der Waals surface area (Å²) in [5.74, 6) is 1.73. The molecule has 0 amide bonds. The van der Waals surface area contributed by atoms with Crippen molar-refractivity contribution in [2.24, 2.45) is 0 Å². The third kappa shape index (κ3) is 14.9. The summed E-state index contributed by atoms with van der Waals surface area (Å²) in [6.45, 7) is 10.9. The molecule has 0 bridgehead atoms. The zero-order valence-corrected chi connectivity index (χ0v) is 40.0. The molecule has 0 spiro atoms. The maximum atomic E-state index is 13.4. The number of benzene rings is 2. The highest BCUT2D eigenvalue weighted by molar-refractivity contribution is 9.10. The van der Waals surface area contributed by atoms with Crippen LogP contribution in [-0.2, 0) is 31.9 Å². The number of hydrogen-bond acceptors (Lipinski definition) is 16. The van der Waals surface area contributed by atoms with Crippen LogP contribution in [0.3, 0.4) is 0 Å². The Kier molecular flexibility index (Phi) is 18.8. The Morgan fingerprint density at radius 2 is 1.07 bits per heavy atom. The SMILES string of the molecule is Brc1ccc(-c2ncccn2)cc1.CCOC(=O)CCc1c[nH]c(=O)c(N2CCN(C)CC2)n1.CCOC(=O)CCc1cn(-c2ccc(-c3ncccn3)cc2)c(=O)c(N2CCN(C)CC2)n1. The zero-order chi connectivity index (χ0) is 47.5. The fourth-order valence-corrected chi connectivity index (χ4v) is 7.31. The van der Waals surface area contributed by atoms with Gasteiger partial charge in [-0.15, -0.1) is 0 Å². The second-order valence-electron chi connectivity index (χ2n) is 15.7. The molecule has 2 aliphatic rings. The number of ether oxygens (including phenoxy) is 2. The molecule has 2 aromatic carbocycles. The van der Waals surface area contributed by atoms with Gasteiger partial charge in [0.2, 0.25) is 0 Å². The summed E-state index contributed by atoms with van der Waals surface area (Å²) in [6.07, 6.45) is 11.5. The lowest BCUT2D eigenvalue weighted by Crippen LogP contribution is -2.47. The standard InChI is InChI=1S/C24H28N6O3.C14H22N4O3.C10H7BrN2/c1-3-33-21(31)10-7-19-17-30(24(32)23(27-19)29-15-13-28(2)14-16-29)20-8-5-18(6-9-20)22-25-11-4-12-26-22;1-3-21-12(19)5-4-11-10-15-14(20)13(16-11)18-8-6-17(2)7-9-18;11-9-4-2-8(3-5-9)10-12-6-1-7-13-10/h4-6,8-9,11-12,17H,3,7,10,13-16H2,1-2H3;10H,3-9H2,1-2H3,(H,15,20);1-7H. The molecule has 0 unspecified atom stereocenters. The molecule has 6 aromatic rings. The Morgan fingerprint density at radius 3 is 1.57 bits per heavy atom. The molecule has 0 saturated carbocycles. The lowest BCUT2D eigenvalue weighted by atomic mass is 10.2. The minimum atomic E-state index is -0.273. The van der Waals surface area contributed by atoms with Gasteiger partial charge in [0.25, 0.3) is 11.1 Å². The lowest BCUT2D eigenvalue weighted by Gasteiger charge is -2.33. The fraction of sp³-hybridized carbons (Fsp3) is 0.375. The molecule has 2 aliphatic heterocycles. The number of aromatic amines is 1. The summed E-state index contributed by atoms with van der Waals surface area (Å²) in [6, 6.07) is 19.0. The van der Waals surface area contributed by atoms with Gasteiger partial charge in [-0.3, -0.25) is 23.7 Å². The zero-order valence-electron chi connectivity index (χ0n) is 38.4. The summed E-state index contributed by atoms with van der Waals surface area (Å²) < 4.78 is 12.6. The van der Waals surface area contributed by atoms with Gasteiger partial charge in [-0.05, 0) is 76.5 Å².